The molecule has 3 aromatic rings. The number of nitrogens with one attached hydrogen (secondary N) is 1. The molecular weight excluding hydrogens is 276 g/mol. The van der Waals surface area contributed by atoms with Gasteiger partial charge in [0.15, 0.2) is 0 Å². The molecule has 0 atom stereocenters. The molecule has 2 heterocycles. The minimum atomic E-state index is -3.77. The summed E-state index contributed by atoms with van der Waals surface area (Å²) in [7, 11) is 1.45. The Labute approximate surface area is 107 Å². The lowest BCUT2D eigenvalue weighted by Crippen LogP contribution is -1.96. The van der Waals surface area contributed by atoms with Gasteiger partial charge in [0, 0.05) is 10.7 Å². The first-order chi connectivity index (χ1) is 8.54. The van der Waals surface area contributed by atoms with Crippen molar-refractivity contribution in [3.63, 3.8) is 0 Å². The lowest BCUT2D eigenvalue weighted by Gasteiger charge is -1.92. The number of fused-ring (bicyclic) bond motifs is 1. The first-order valence-electron chi connectivity index (χ1n) is 4.98. The van der Waals surface area contributed by atoms with E-state index < -0.39 is 9.05 Å². The van der Waals surface area contributed by atoms with Gasteiger partial charge in [-0.15, -0.1) is 0 Å². The Hall–Kier alpha value is -1.86. The number of imidazole rings is 1. The Bertz CT molecular complexity index is 788. The van der Waals surface area contributed by atoms with Gasteiger partial charge in [-0.05, 0) is 12.1 Å². The third kappa shape index (κ3) is 1.87. The molecule has 0 fully saturated rings. The molecule has 0 radical (unpaired) electrons. The van der Waals surface area contributed by atoms with Gasteiger partial charge < -0.3 is 4.98 Å². The molecule has 92 valence electrons. The molecule has 0 saturated heterocycles. The second kappa shape index (κ2) is 3.82. The van der Waals surface area contributed by atoms with E-state index in [0.717, 1.165) is 11.0 Å². The fourth-order valence-corrected chi connectivity index (χ4v) is 2.23. The topological polar surface area (TPSA) is 80.6 Å². The molecule has 0 saturated carbocycles. The number of aromatic nitrogens is 4. The van der Waals surface area contributed by atoms with Gasteiger partial charge in [-0.1, -0.05) is 12.1 Å². The van der Waals surface area contributed by atoms with Crippen LogP contribution in [0.25, 0.3) is 17.0 Å². The molecule has 0 aliphatic carbocycles. The highest BCUT2D eigenvalue weighted by molar-refractivity contribution is 8.13. The van der Waals surface area contributed by atoms with E-state index >= 15 is 0 Å². The van der Waals surface area contributed by atoms with Crippen LogP contribution in [0.2, 0.25) is 0 Å². The van der Waals surface area contributed by atoms with Crippen molar-refractivity contribution in [2.45, 2.75) is 4.90 Å². The first kappa shape index (κ1) is 11.2. The van der Waals surface area contributed by atoms with Crippen molar-refractivity contribution >= 4 is 30.8 Å². The highest BCUT2D eigenvalue weighted by Gasteiger charge is 2.14. The van der Waals surface area contributed by atoms with E-state index in [0.29, 0.717) is 5.95 Å². The van der Waals surface area contributed by atoms with Crippen LogP contribution in [0.4, 0.5) is 0 Å². The van der Waals surface area contributed by atoms with Crippen LogP contribution >= 0.6 is 10.7 Å². The van der Waals surface area contributed by atoms with Gasteiger partial charge in [0.25, 0.3) is 9.05 Å². The summed E-state index contributed by atoms with van der Waals surface area (Å²) >= 11 is 0. The predicted molar refractivity (Wildman–Crippen MR) is 66.3 cm³/mol. The number of hydrogen-bond donors (Lipinski definition) is 1. The molecule has 6 nitrogen and oxygen atoms in total. The molecule has 2 aromatic heterocycles. The van der Waals surface area contributed by atoms with E-state index in [-0.39, 0.29) is 4.90 Å². The Balaban J connectivity index is 2.12. The number of nitrogens with zero attached hydrogens (tertiary/aromatic N) is 3. The number of para-hydroxylation sites is 2. The third-order valence-electron chi connectivity index (χ3n) is 2.43. The Morgan fingerprint density at radius 1 is 1.28 bits per heavy atom. The van der Waals surface area contributed by atoms with E-state index in [9.17, 15) is 8.42 Å². The second-order valence-electron chi connectivity index (χ2n) is 3.64. The minimum absolute atomic E-state index is 0.0652. The van der Waals surface area contributed by atoms with E-state index in [4.69, 9.17) is 10.7 Å². The molecule has 1 N–H and O–H groups in total. The molecule has 0 aliphatic rings. The summed E-state index contributed by atoms with van der Waals surface area (Å²) < 4.78 is 23.6. The smallest absolute Gasteiger partial charge is 0.264 e. The second-order valence-corrected chi connectivity index (χ2v) is 6.20. The van der Waals surface area contributed by atoms with Crippen LogP contribution in [0.3, 0.4) is 0 Å². The lowest BCUT2D eigenvalue weighted by atomic mass is 10.3. The van der Waals surface area contributed by atoms with Gasteiger partial charge in [0.2, 0.25) is 5.95 Å². The van der Waals surface area contributed by atoms with Crippen molar-refractivity contribution in [1.82, 2.24) is 19.7 Å². The fraction of sp³-hybridized carbons (Fsp3) is 0. The predicted octanol–water partition coefficient (Wildman–Crippen LogP) is 1.68. The van der Waals surface area contributed by atoms with E-state index in [1.54, 1.807) is 0 Å². The van der Waals surface area contributed by atoms with Crippen LogP contribution in [-0.2, 0) is 9.05 Å². The highest BCUT2D eigenvalue weighted by atomic mass is 35.7. The Morgan fingerprint density at radius 2 is 2.06 bits per heavy atom. The summed E-state index contributed by atoms with van der Waals surface area (Å²) in [6.45, 7) is 0. The average molecular weight is 283 g/mol. The maximum Gasteiger partial charge on any atom is 0.264 e. The summed E-state index contributed by atoms with van der Waals surface area (Å²) in [6.07, 6.45) is 2.48. The van der Waals surface area contributed by atoms with Crippen LogP contribution in [0.1, 0.15) is 0 Å². The Morgan fingerprint density at radius 3 is 2.72 bits per heavy atom. The summed E-state index contributed by atoms with van der Waals surface area (Å²) in [5.41, 5.74) is 1.62. The largest absolute Gasteiger partial charge is 0.322 e. The van der Waals surface area contributed by atoms with Gasteiger partial charge >= 0.3 is 0 Å². The summed E-state index contributed by atoms with van der Waals surface area (Å²) in [5.74, 6) is 0.433. The Kier molecular flexibility index (Phi) is 2.39. The van der Waals surface area contributed by atoms with Crippen LogP contribution in [0.15, 0.2) is 41.6 Å². The average Bonchev–Trinajstić information content (AvgIpc) is 2.94. The van der Waals surface area contributed by atoms with Gasteiger partial charge in [-0.3, -0.25) is 0 Å². The van der Waals surface area contributed by atoms with Crippen molar-refractivity contribution in [2.24, 2.45) is 0 Å². The van der Waals surface area contributed by atoms with Gasteiger partial charge in [-0.2, -0.15) is 5.10 Å². The normalized spacial score (nSPS) is 12.1. The SMILES string of the molecule is O=S(=O)(Cl)c1cnn(-c2nc3ccccc3[nH]2)c1. The summed E-state index contributed by atoms with van der Waals surface area (Å²) in [4.78, 5) is 7.25. The maximum absolute atomic E-state index is 11.1. The molecular formula is C10H7ClN4O2S. The number of rotatable bonds is 2. The monoisotopic (exact) mass is 282 g/mol. The van der Waals surface area contributed by atoms with Crippen LogP contribution in [-0.4, -0.2) is 28.2 Å². The molecule has 0 bridgehead atoms. The lowest BCUT2D eigenvalue weighted by molar-refractivity contribution is 0.609. The standard InChI is InChI=1S/C10H7ClN4O2S/c11-18(16,17)7-5-12-15(6-7)10-13-8-3-1-2-4-9(8)14-10/h1-6H,(H,13,14). The summed E-state index contributed by atoms with van der Waals surface area (Å²) in [6, 6.07) is 7.46. The molecule has 3 rings (SSSR count). The number of H-pyrrole nitrogens is 1. The molecule has 8 heteroatoms. The number of hydrogen-bond acceptors (Lipinski definition) is 4. The first-order valence-corrected chi connectivity index (χ1v) is 7.29. The van der Waals surface area contributed by atoms with E-state index in [1.165, 1.54) is 17.1 Å². The third-order valence-corrected chi connectivity index (χ3v) is 3.74. The molecule has 0 unspecified atom stereocenters. The van der Waals surface area contributed by atoms with E-state index in [2.05, 4.69) is 15.1 Å². The van der Waals surface area contributed by atoms with Gasteiger partial charge in [0.05, 0.1) is 23.4 Å². The number of halogens is 1. The fourth-order valence-electron chi connectivity index (χ4n) is 1.60. The highest BCUT2D eigenvalue weighted by Crippen LogP contribution is 2.17. The van der Waals surface area contributed by atoms with E-state index in [1.807, 2.05) is 24.3 Å². The van der Waals surface area contributed by atoms with Crippen LogP contribution in [0.5, 0.6) is 0 Å². The van der Waals surface area contributed by atoms with Crippen molar-refractivity contribution < 1.29 is 8.42 Å². The zero-order valence-corrected chi connectivity index (χ0v) is 10.5. The molecule has 1 aromatic carbocycles. The van der Waals surface area contributed by atoms with Crippen LogP contribution in [0, 0.1) is 0 Å². The molecule has 0 amide bonds. The van der Waals surface area contributed by atoms with Gasteiger partial charge in [-0.25, -0.2) is 18.1 Å². The van der Waals surface area contributed by atoms with Crippen molar-refractivity contribution in [2.75, 3.05) is 0 Å². The van der Waals surface area contributed by atoms with Crippen LogP contribution < -0.4 is 0 Å². The quantitative estimate of drug-likeness (QED) is 0.725. The molecule has 0 spiro atoms. The van der Waals surface area contributed by atoms with Crippen molar-refractivity contribution in [3.8, 4) is 5.95 Å². The molecule has 0 aliphatic heterocycles. The maximum atomic E-state index is 11.1. The van der Waals surface area contributed by atoms with Crippen molar-refractivity contribution in [1.29, 1.82) is 0 Å². The number of aromatic amines is 1. The summed E-state index contributed by atoms with van der Waals surface area (Å²) in [5, 5.41) is 3.91. The zero-order valence-electron chi connectivity index (χ0n) is 8.91. The van der Waals surface area contributed by atoms with Gasteiger partial charge in [0.1, 0.15) is 4.90 Å². The number of benzene rings is 1. The molecule has 18 heavy (non-hydrogen) atoms. The van der Waals surface area contributed by atoms with Crippen molar-refractivity contribution in [3.05, 3.63) is 36.7 Å². The zero-order chi connectivity index (χ0) is 12.8. The minimum Gasteiger partial charge on any atom is -0.322 e.